The van der Waals surface area contributed by atoms with Crippen molar-refractivity contribution in [2.24, 2.45) is 0 Å². The van der Waals surface area contributed by atoms with Crippen molar-refractivity contribution in [3.05, 3.63) is 29.8 Å². The van der Waals surface area contributed by atoms with Gasteiger partial charge in [-0.15, -0.1) is 0 Å². The maximum Gasteiger partial charge on any atom is 0.308 e. The number of ether oxygens (including phenoxy) is 1. The van der Waals surface area contributed by atoms with E-state index < -0.39 is 21.9 Å². The van der Waals surface area contributed by atoms with Crippen molar-refractivity contribution in [2.75, 3.05) is 5.75 Å². The van der Waals surface area contributed by atoms with Crippen molar-refractivity contribution >= 4 is 15.8 Å². The lowest BCUT2D eigenvalue weighted by atomic mass is 10.2. The smallest absolute Gasteiger partial charge is 0.308 e. The number of nitriles is 1. The molecule has 0 saturated carbocycles. The van der Waals surface area contributed by atoms with E-state index in [4.69, 9.17) is 5.26 Å². The van der Waals surface area contributed by atoms with Crippen LogP contribution in [0, 0.1) is 18.3 Å². The van der Waals surface area contributed by atoms with Gasteiger partial charge in [0.05, 0.1) is 17.1 Å². The summed E-state index contributed by atoms with van der Waals surface area (Å²) in [6.07, 6.45) is -1.13. The van der Waals surface area contributed by atoms with Gasteiger partial charge in [-0.1, -0.05) is 17.7 Å². The predicted octanol–water partition coefficient (Wildman–Crippen LogP) is 1.61. The van der Waals surface area contributed by atoms with Gasteiger partial charge < -0.3 is 4.74 Å². The van der Waals surface area contributed by atoms with Crippen LogP contribution in [0.25, 0.3) is 0 Å². The summed E-state index contributed by atoms with van der Waals surface area (Å²) in [6, 6.07) is 8.15. The Labute approximate surface area is 112 Å². The van der Waals surface area contributed by atoms with Gasteiger partial charge in [-0.2, -0.15) is 5.26 Å². The molecule has 0 fully saturated rings. The fourth-order valence-electron chi connectivity index (χ4n) is 1.36. The number of aryl methyl sites for hydroxylation is 1. The first kappa shape index (κ1) is 15.2. The van der Waals surface area contributed by atoms with E-state index in [1.807, 2.05) is 6.92 Å². The zero-order chi connectivity index (χ0) is 14.5. The van der Waals surface area contributed by atoms with Crippen molar-refractivity contribution in [2.45, 2.75) is 31.3 Å². The van der Waals surface area contributed by atoms with Gasteiger partial charge in [-0.05, 0) is 26.0 Å². The Kier molecular flexibility index (Phi) is 5.07. The minimum atomic E-state index is -3.50. The largest absolute Gasteiger partial charge is 0.447 e. The zero-order valence-electron chi connectivity index (χ0n) is 10.8. The Hall–Kier alpha value is -1.87. The first-order valence-electron chi connectivity index (χ1n) is 5.73. The van der Waals surface area contributed by atoms with Crippen molar-refractivity contribution in [1.29, 1.82) is 5.26 Å². The van der Waals surface area contributed by atoms with Crippen molar-refractivity contribution in [3.63, 3.8) is 0 Å². The summed E-state index contributed by atoms with van der Waals surface area (Å²) in [5, 5.41) is 8.47. The molecule has 0 aliphatic heterocycles. The Morgan fingerprint density at radius 2 is 1.95 bits per heavy atom. The van der Waals surface area contributed by atoms with Crippen LogP contribution in [0.4, 0.5) is 0 Å². The summed E-state index contributed by atoms with van der Waals surface area (Å²) >= 11 is 0. The average molecular weight is 281 g/mol. The number of carbonyl (C=O) groups is 1. The number of sulfone groups is 1. The van der Waals surface area contributed by atoms with Crippen LogP contribution in [0.15, 0.2) is 29.2 Å². The summed E-state index contributed by atoms with van der Waals surface area (Å²) in [6.45, 7) is 3.28. The number of nitrogens with zero attached hydrogens (tertiary/aromatic N) is 1. The van der Waals surface area contributed by atoms with Gasteiger partial charge in [-0.25, -0.2) is 8.42 Å². The lowest BCUT2D eigenvalue weighted by Crippen LogP contribution is -2.17. The zero-order valence-corrected chi connectivity index (χ0v) is 11.6. The third-order valence-electron chi connectivity index (χ3n) is 2.45. The number of carbonyl (C=O) groups excluding carboxylic acids is 1. The highest BCUT2D eigenvalue weighted by Gasteiger charge is 2.17. The standard InChI is InChI=1S/C13H15NO4S/c1-10-3-5-12(6-4-10)19(16,17)8-7-13(15)18-11(2)9-14/h3-6,11H,7-8H2,1-2H3/t11-/m1/s1. The van der Waals surface area contributed by atoms with E-state index in [1.165, 1.54) is 19.1 Å². The maximum atomic E-state index is 11.9. The molecule has 0 aliphatic carbocycles. The van der Waals surface area contributed by atoms with Gasteiger partial charge in [0.2, 0.25) is 0 Å². The first-order chi connectivity index (χ1) is 8.85. The van der Waals surface area contributed by atoms with Crippen LogP contribution in [0.5, 0.6) is 0 Å². The fraction of sp³-hybridized carbons (Fsp3) is 0.385. The molecule has 1 atom stereocenters. The van der Waals surface area contributed by atoms with Crippen LogP contribution in [-0.2, 0) is 19.4 Å². The molecule has 0 heterocycles. The van der Waals surface area contributed by atoms with E-state index in [2.05, 4.69) is 4.74 Å². The van der Waals surface area contributed by atoms with Crippen molar-refractivity contribution in [3.8, 4) is 6.07 Å². The molecule has 0 N–H and O–H groups in total. The number of esters is 1. The van der Waals surface area contributed by atoms with Crippen LogP contribution in [0.3, 0.4) is 0 Å². The molecule has 1 aromatic rings. The molecule has 102 valence electrons. The lowest BCUT2D eigenvalue weighted by Gasteiger charge is -2.07. The molecule has 0 aliphatic rings. The molecular formula is C13H15NO4S. The minimum absolute atomic E-state index is 0.180. The average Bonchev–Trinajstić information content (AvgIpc) is 2.37. The van der Waals surface area contributed by atoms with E-state index in [-0.39, 0.29) is 17.1 Å². The Morgan fingerprint density at radius 3 is 2.47 bits per heavy atom. The highest BCUT2D eigenvalue weighted by atomic mass is 32.2. The maximum absolute atomic E-state index is 11.9. The Balaban J connectivity index is 2.64. The molecule has 1 rings (SSSR count). The van der Waals surface area contributed by atoms with Crippen LogP contribution in [-0.4, -0.2) is 26.2 Å². The van der Waals surface area contributed by atoms with Crippen LogP contribution < -0.4 is 0 Å². The van der Waals surface area contributed by atoms with Gasteiger partial charge in [0.15, 0.2) is 15.9 Å². The quantitative estimate of drug-likeness (QED) is 0.766. The Bertz CT molecular complexity index is 584. The van der Waals surface area contributed by atoms with Crippen LogP contribution in [0.2, 0.25) is 0 Å². The molecular weight excluding hydrogens is 266 g/mol. The number of rotatable bonds is 5. The Morgan fingerprint density at radius 1 is 1.37 bits per heavy atom. The molecule has 6 heteroatoms. The molecule has 0 spiro atoms. The first-order valence-corrected chi connectivity index (χ1v) is 7.39. The lowest BCUT2D eigenvalue weighted by molar-refractivity contribution is -0.145. The second kappa shape index (κ2) is 6.34. The van der Waals surface area contributed by atoms with E-state index in [1.54, 1.807) is 18.2 Å². The van der Waals surface area contributed by atoms with Gasteiger partial charge in [0, 0.05) is 0 Å². The van der Waals surface area contributed by atoms with E-state index >= 15 is 0 Å². The third-order valence-corrected chi connectivity index (χ3v) is 4.18. The van der Waals surface area contributed by atoms with Crippen molar-refractivity contribution in [1.82, 2.24) is 0 Å². The molecule has 0 radical (unpaired) electrons. The van der Waals surface area contributed by atoms with E-state index in [9.17, 15) is 13.2 Å². The molecule has 1 aromatic carbocycles. The van der Waals surface area contributed by atoms with Gasteiger partial charge in [-0.3, -0.25) is 4.79 Å². The summed E-state index contributed by atoms with van der Waals surface area (Å²) in [4.78, 5) is 11.5. The second-order valence-corrected chi connectivity index (χ2v) is 6.25. The fourth-order valence-corrected chi connectivity index (χ4v) is 2.59. The molecule has 0 aromatic heterocycles. The predicted molar refractivity (Wildman–Crippen MR) is 69.0 cm³/mol. The highest BCUT2D eigenvalue weighted by molar-refractivity contribution is 7.91. The topological polar surface area (TPSA) is 84.2 Å². The summed E-state index contributed by atoms with van der Waals surface area (Å²) in [5.74, 6) is -1.02. The van der Waals surface area contributed by atoms with E-state index in [0.717, 1.165) is 5.56 Å². The molecule has 0 bridgehead atoms. The summed E-state index contributed by atoms with van der Waals surface area (Å²) in [5.41, 5.74) is 0.959. The molecule has 5 nitrogen and oxygen atoms in total. The normalized spacial score (nSPS) is 12.5. The van der Waals surface area contributed by atoms with Gasteiger partial charge in [0.25, 0.3) is 0 Å². The highest BCUT2D eigenvalue weighted by Crippen LogP contribution is 2.13. The number of benzene rings is 1. The van der Waals surface area contributed by atoms with Crippen LogP contribution in [0.1, 0.15) is 18.9 Å². The van der Waals surface area contributed by atoms with Gasteiger partial charge >= 0.3 is 5.97 Å². The van der Waals surface area contributed by atoms with Crippen molar-refractivity contribution < 1.29 is 17.9 Å². The third kappa shape index (κ3) is 4.72. The summed E-state index contributed by atoms with van der Waals surface area (Å²) in [7, 11) is -3.50. The second-order valence-electron chi connectivity index (χ2n) is 4.14. The van der Waals surface area contributed by atoms with E-state index in [0.29, 0.717) is 0 Å². The monoisotopic (exact) mass is 281 g/mol. The molecule has 0 saturated heterocycles. The number of hydrogen-bond acceptors (Lipinski definition) is 5. The summed E-state index contributed by atoms with van der Waals surface area (Å²) < 4.78 is 28.5. The molecule has 19 heavy (non-hydrogen) atoms. The SMILES string of the molecule is Cc1ccc(S(=O)(=O)CCC(=O)O[C@H](C)C#N)cc1. The van der Waals surface area contributed by atoms with Gasteiger partial charge in [0.1, 0.15) is 6.07 Å². The number of hydrogen-bond donors (Lipinski definition) is 0. The molecule has 0 amide bonds. The minimum Gasteiger partial charge on any atom is -0.447 e. The van der Waals surface area contributed by atoms with Crippen LogP contribution >= 0.6 is 0 Å². The molecule has 0 unspecified atom stereocenters.